The Labute approximate surface area is 147 Å². The third-order valence-electron chi connectivity index (χ3n) is 4.57. The highest BCUT2D eigenvalue weighted by atomic mass is 32.2. The molecular weight excluding hydrogens is 344 g/mol. The second-order valence-corrected chi connectivity index (χ2v) is 8.26. The lowest BCUT2D eigenvalue weighted by Crippen LogP contribution is -2.48. The van der Waals surface area contributed by atoms with E-state index in [-0.39, 0.29) is 23.8 Å². The summed E-state index contributed by atoms with van der Waals surface area (Å²) in [6, 6.07) is 5.25. The molecule has 0 unspecified atom stereocenters. The number of carbonyl (C=O) groups is 2. The van der Waals surface area contributed by atoms with Crippen molar-refractivity contribution >= 4 is 21.8 Å². The maximum absolute atomic E-state index is 12.8. The van der Waals surface area contributed by atoms with Crippen molar-refractivity contribution in [3.05, 3.63) is 29.8 Å². The molecule has 0 aromatic heterocycles. The predicted octanol–water partition coefficient (Wildman–Crippen LogP) is 0.970. The Kier molecular flexibility index (Phi) is 5.10. The molecule has 0 aliphatic carbocycles. The number of rotatable bonds is 5. The molecule has 0 saturated carbocycles. The molecule has 0 radical (unpaired) electrons. The monoisotopic (exact) mass is 366 g/mol. The van der Waals surface area contributed by atoms with Gasteiger partial charge in [-0.05, 0) is 38.3 Å². The summed E-state index contributed by atoms with van der Waals surface area (Å²) in [4.78, 5) is 24.7. The number of carbonyl (C=O) groups excluding carboxylic acids is 2. The van der Waals surface area contributed by atoms with E-state index in [1.165, 1.54) is 12.1 Å². The Morgan fingerprint density at radius 2 is 2.00 bits per heavy atom. The van der Waals surface area contributed by atoms with Crippen molar-refractivity contribution in [2.75, 3.05) is 13.2 Å². The smallest absolute Gasteiger partial charge is 0.267 e. The van der Waals surface area contributed by atoms with Gasteiger partial charge in [-0.15, -0.1) is 0 Å². The van der Waals surface area contributed by atoms with Crippen LogP contribution in [0.25, 0.3) is 0 Å². The standard InChI is InChI=1S/C17H22N2O5S/c1-12-4-6-14(7-5-12)25(22,23)19-15(8-9-16(19)20)17(21)18-11-13-3-2-10-24-13/h4-7,13,15H,2-3,8-11H2,1H3,(H,18,21)/t13-,15+/m0/s1. The number of sulfonamides is 1. The van der Waals surface area contributed by atoms with Gasteiger partial charge >= 0.3 is 0 Å². The average Bonchev–Trinajstić information content (AvgIpc) is 3.22. The van der Waals surface area contributed by atoms with E-state index in [2.05, 4.69) is 5.32 Å². The first-order valence-corrected chi connectivity index (χ1v) is 9.87. The van der Waals surface area contributed by atoms with Crippen LogP contribution in [0.3, 0.4) is 0 Å². The van der Waals surface area contributed by atoms with E-state index >= 15 is 0 Å². The maximum Gasteiger partial charge on any atom is 0.267 e. The lowest BCUT2D eigenvalue weighted by Gasteiger charge is -2.24. The van der Waals surface area contributed by atoms with Crippen LogP contribution in [-0.4, -0.2) is 49.8 Å². The highest BCUT2D eigenvalue weighted by Gasteiger charge is 2.44. The van der Waals surface area contributed by atoms with Crippen molar-refractivity contribution in [2.24, 2.45) is 0 Å². The highest BCUT2D eigenvalue weighted by Crippen LogP contribution is 2.27. The van der Waals surface area contributed by atoms with Gasteiger partial charge in [0.05, 0.1) is 11.0 Å². The van der Waals surface area contributed by atoms with E-state index in [1.807, 2.05) is 6.92 Å². The van der Waals surface area contributed by atoms with Crippen molar-refractivity contribution in [3.63, 3.8) is 0 Å². The number of amides is 2. The summed E-state index contributed by atoms with van der Waals surface area (Å²) in [5.74, 6) is -0.991. The second kappa shape index (κ2) is 7.13. The Morgan fingerprint density at radius 1 is 1.28 bits per heavy atom. The molecule has 8 heteroatoms. The van der Waals surface area contributed by atoms with Gasteiger partial charge in [0.1, 0.15) is 6.04 Å². The van der Waals surface area contributed by atoms with Gasteiger partial charge in [-0.25, -0.2) is 12.7 Å². The Hall–Kier alpha value is -1.93. The van der Waals surface area contributed by atoms with Crippen LogP contribution in [0.1, 0.15) is 31.2 Å². The molecule has 2 amide bonds. The first-order valence-electron chi connectivity index (χ1n) is 8.43. The topological polar surface area (TPSA) is 92.8 Å². The summed E-state index contributed by atoms with van der Waals surface area (Å²) in [7, 11) is -4.04. The number of nitrogens with zero attached hydrogens (tertiary/aromatic N) is 1. The van der Waals surface area contributed by atoms with Crippen LogP contribution in [0.2, 0.25) is 0 Å². The number of hydrogen-bond acceptors (Lipinski definition) is 5. The van der Waals surface area contributed by atoms with Gasteiger partial charge in [0, 0.05) is 19.6 Å². The number of aryl methyl sites for hydroxylation is 1. The second-order valence-electron chi connectivity index (χ2n) is 6.44. The molecule has 1 N–H and O–H groups in total. The lowest BCUT2D eigenvalue weighted by molar-refractivity contribution is -0.130. The molecule has 2 aliphatic rings. The molecule has 25 heavy (non-hydrogen) atoms. The fraction of sp³-hybridized carbons (Fsp3) is 0.529. The van der Waals surface area contributed by atoms with Gasteiger partial charge in [-0.2, -0.15) is 0 Å². The molecule has 1 aromatic rings. The van der Waals surface area contributed by atoms with Crippen LogP contribution in [0, 0.1) is 6.92 Å². The van der Waals surface area contributed by atoms with Gasteiger partial charge in [-0.3, -0.25) is 9.59 Å². The van der Waals surface area contributed by atoms with Gasteiger partial charge in [0.25, 0.3) is 10.0 Å². The molecule has 2 atom stereocenters. The van der Waals surface area contributed by atoms with E-state index < -0.39 is 27.9 Å². The molecule has 2 saturated heterocycles. The summed E-state index contributed by atoms with van der Waals surface area (Å²) in [5.41, 5.74) is 0.914. The predicted molar refractivity (Wildman–Crippen MR) is 90.2 cm³/mol. The fourth-order valence-corrected chi connectivity index (χ4v) is 4.76. The number of hydrogen-bond donors (Lipinski definition) is 1. The molecule has 2 heterocycles. The summed E-state index contributed by atoms with van der Waals surface area (Å²) < 4.78 is 31.9. The summed E-state index contributed by atoms with van der Waals surface area (Å²) in [5, 5.41) is 2.73. The van der Waals surface area contributed by atoms with Crippen LogP contribution in [0.15, 0.2) is 29.2 Å². The quantitative estimate of drug-likeness (QED) is 0.838. The molecule has 136 valence electrons. The van der Waals surface area contributed by atoms with E-state index in [1.54, 1.807) is 12.1 Å². The third kappa shape index (κ3) is 3.69. The van der Waals surface area contributed by atoms with Crippen LogP contribution < -0.4 is 5.32 Å². The van der Waals surface area contributed by atoms with Crippen molar-refractivity contribution in [3.8, 4) is 0 Å². The first kappa shape index (κ1) is 17.9. The zero-order valence-corrected chi connectivity index (χ0v) is 14.9. The maximum atomic E-state index is 12.8. The van der Waals surface area contributed by atoms with Crippen molar-refractivity contribution in [1.29, 1.82) is 0 Å². The Balaban J connectivity index is 1.76. The minimum atomic E-state index is -4.04. The van der Waals surface area contributed by atoms with E-state index in [9.17, 15) is 18.0 Å². The van der Waals surface area contributed by atoms with Gasteiger partial charge in [0.2, 0.25) is 11.8 Å². The molecule has 2 aliphatic heterocycles. The van der Waals surface area contributed by atoms with Crippen LogP contribution in [0.5, 0.6) is 0 Å². The molecule has 7 nitrogen and oxygen atoms in total. The van der Waals surface area contributed by atoms with Gasteiger partial charge < -0.3 is 10.1 Å². The van der Waals surface area contributed by atoms with Gasteiger partial charge in [-0.1, -0.05) is 17.7 Å². The summed E-state index contributed by atoms with van der Waals surface area (Å²) in [6.07, 6.45) is 2.03. The fourth-order valence-electron chi connectivity index (χ4n) is 3.16. The Bertz CT molecular complexity index is 754. The third-order valence-corrected chi connectivity index (χ3v) is 6.41. The average molecular weight is 366 g/mol. The minimum absolute atomic E-state index is 0.0188. The Morgan fingerprint density at radius 3 is 2.64 bits per heavy atom. The van der Waals surface area contributed by atoms with E-state index in [4.69, 9.17) is 4.74 Å². The highest BCUT2D eigenvalue weighted by molar-refractivity contribution is 7.89. The minimum Gasteiger partial charge on any atom is -0.376 e. The zero-order valence-electron chi connectivity index (χ0n) is 14.1. The number of ether oxygens (including phenoxy) is 1. The first-order chi connectivity index (χ1) is 11.9. The molecule has 2 fully saturated rings. The SMILES string of the molecule is Cc1ccc(S(=O)(=O)N2C(=O)CC[C@@H]2C(=O)NC[C@@H]2CCCO2)cc1. The largest absolute Gasteiger partial charge is 0.376 e. The molecular formula is C17H22N2O5S. The summed E-state index contributed by atoms with van der Waals surface area (Å²) >= 11 is 0. The van der Waals surface area contributed by atoms with Crippen molar-refractivity contribution < 1.29 is 22.7 Å². The van der Waals surface area contributed by atoms with Crippen LogP contribution in [-0.2, 0) is 24.3 Å². The van der Waals surface area contributed by atoms with Crippen LogP contribution >= 0.6 is 0 Å². The molecule has 1 aromatic carbocycles. The lowest BCUT2D eigenvalue weighted by atomic mass is 10.2. The van der Waals surface area contributed by atoms with Crippen molar-refractivity contribution in [2.45, 2.75) is 49.6 Å². The molecule has 0 spiro atoms. The zero-order chi connectivity index (χ0) is 18.0. The summed E-state index contributed by atoms with van der Waals surface area (Å²) in [6.45, 7) is 2.86. The number of nitrogens with one attached hydrogen (secondary N) is 1. The number of benzene rings is 1. The van der Waals surface area contributed by atoms with E-state index in [0.29, 0.717) is 13.2 Å². The van der Waals surface area contributed by atoms with E-state index in [0.717, 1.165) is 22.7 Å². The van der Waals surface area contributed by atoms with Crippen LogP contribution in [0.4, 0.5) is 0 Å². The van der Waals surface area contributed by atoms with Gasteiger partial charge in [0.15, 0.2) is 0 Å². The molecule has 3 rings (SSSR count). The normalized spacial score (nSPS) is 23.9. The van der Waals surface area contributed by atoms with Crippen molar-refractivity contribution in [1.82, 2.24) is 9.62 Å². The molecule has 0 bridgehead atoms.